The maximum Gasteiger partial charge on any atom is 0.354 e. The third-order valence-corrected chi connectivity index (χ3v) is 4.85. The number of Topliss-reactive ketones (excluding diaryl/α,β-unsaturated/α-hetero) is 1. The molecule has 22 heavy (non-hydrogen) atoms. The molecular weight excluding hydrogens is 302 g/mol. The summed E-state index contributed by atoms with van der Waals surface area (Å²) >= 11 is 1.48. The van der Waals surface area contributed by atoms with Crippen molar-refractivity contribution in [2.45, 2.75) is 19.4 Å². The van der Waals surface area contributed by atoms with Crippen LogP contribution < -0.4 is 0 Å². The fraction of sp³-hybridized carbons (Fsp3) is 0.400. The predicted molar refractivity (Wildman–Crippen MR) is 82.2 cm³/mol. The fourth-order valence-electron chi connectivity index (χ4n) is 2.89. The number of hydrogen-bond donors (Lipinski definition) is 2. The molecule has 7 heteroatoms. The minimum absolute atomic E-state index is 0.00687. The predicted octanol–water partition coefficient (Wildman–Crippen LogP) is 2.26. The number of piperidine rings is 1. The van der Waals surface area contributed by atoms with Crippen LogP contribution in [-0.2, 0) is 6.54 Å². The number of carbonyl (C=O) groups is 2. The number of rotatable bonds is 5. The molecule has 0 spiro atoms. The van der Waals surface area contributed by atoms with E-state index in [1.807, 2.05) is 17.5 Å². The van der Waals surface area contributed by atoms with Gasteiger partial charge in [0.2, 0.25) is 0 Å². The highest BCUT2D eigenvalue weighted by Crippen LogP contribution is 2.24. The summed E-state index contributed by atoms with van der Waals surface area (Å²) in [6, 6.07) is 3.76. The van der Waals surface area contributed by atoms with Gasteiger partial charge in [0.25, 0.3) is 0 Å². The van der Waals surface area contributed by atoms with Crippen LogP contribution in [0.3, 0.4) is 0 Å². The summed E-state index contributed by atoms with van der Waals surface area (Å²) in [5, 5.41) is 17.3. The molecule has 2 aromatic heterocycles. The fourth-order valence-corrected chi connectivity index (χ4v) is 3.63. The zero-order valence-electron chi connectivity index (χ0n) is 12.0. The number of carboxylic acids is 1. The zero-order chi connectivity index (χ0) is 15.5. The lowest BCUT2D eigenvalue weighted by molar-refractivity contribution is 0.0683. The lowest BCUT2D eigenvalue weighted by atomic mass is 9.92. The van der Waals surface area contributed by atoms with Crippen molar-refractivity contribution in [1.82, 2.24) is 15.1 Å². The van der Waals surface area contributed by atoms with Gasteiger partial charge in [0.05, 0.1) is 11.1 Å². The Hall–Kier alpha value is -1.99. The monoisotopic (exact) mass is 319 g/mol. The number of nitrogens with zero attached hydrogens (tertiary/aromatic N) is 2. The molecule has 116 valence electrons. The number of carboxylic acid groups (broad SMARTS) is 1. The molecule has 1 fully saturated rings. The van der Waals surface area contributed by atoms with Gasteiger partial charge in [-0.15, -0.1) is 11.3 Å². The molecule has 0 unspecified atom stereocenters. The Bertz CT molecular complexity index is 665. The molecule has 0 bridgehead atoms. The second-order valence-corrected chi connectivity index (χ2v) is 6.44. The van der Waals surface area contributed by atoms with E-state index >= 15 is 0 Å². The third kappa shape index (κ3) is 3.10. The first-order valence-corrected chi connectivity index (χ1v) is 8.08. The van der Waals surface area contributed by atoms with Crippen molar-refractivity contribution in [2.24, 2.45) is 5.92 Å². The minimum atomic E-state index is -1.00. The molecular formula is C15H17N3O3S. The molecule has 3 rings (SSSR count). The number of nitrogens with one attached hydrogen (secondary N) is 1. The van der Waals surface area contributed by atoms with Crippen LogP contribution in [0.1, 0.15) is 38.6 Å². The number of aromatic nitrogens is 2. The molecule has 1 aliphatic rings. The van der Waals surface area contributed by atoms with Crippen LogP contribution in [0.2, 0.25) is 0 Å². The molecule has 2 N–H and O–H groups in total. The molecule has 0 aliphatic carbocycles. The van der Waals surface area contributed by atoms with Gasteiger partial charge < -0.3 is 5.11 Å². The van der Waals surface area contributed by atoms with Gasteiger partial charge in [-0.1, -0.05) is 6.07 Å². The number of aromatic amines is 1. The molecule has 6 nitrogen and oxygen atoms in total. The Kier molecular flexibility index (Phi) is 4.35. The largest absolute Gasteiger partial charge is 0.477 e. The SMILES string of the molecule is O=C(O)c1[nH]ncc1CN1CCC[C@H](C(=O)c2cccs2)C1. The van der Waals surface area contributed by atoms with Crippen molar-refractivity contribution < 1.29 is 14.7 Å². The highest BCUT2D eigenvalue weighted by Gasteiger charge is 2.28. The average Bonchev–Trinajstić information content (AvgIpc) is 3.18. The summed E-state index contributed by atoms with van der Waals surface area (Å²) in [5.74, 6) is -0.811. The van der Waals surface area contributed by atoms with Crippen LogP contribution in [-0.4, -0.2) is 45.0 Å². The molecule has 2 aromatic rings. The van der Waals surface area contributed by atoms with Crippen LogP contribution in [0.25, 0.3) is 0 Å². The number of ketones is 1. The summed E-state index contributed by atoms with van der Waals surface area (Å²) in [4.78, 5) is 26.5. The smallest absolute Gasteiger partial charge is 0.354 e. The van der Waals surface area contributed by atoms with Gasteiger partial charge in [0.1, 0.15) is 5.69 Å². The number of likely N-dealkylation sites (tertiary alicyclic amines) is 1. The van der Waals surface area contributed by atoms with Crippen LogP contribution >= 0.6 is 11.3 Å². The summed E-state index contributed by atoms with van der Waals surface area (Å²) in [6.07, 6.45) is 3.39. The molecule has 0 aromatic carbocycles. The van der Waals surface area contributed by atoms with Crippen molar-refractivity contribution in [3.05, 3.63) is 39.8 Å². The van der Waals surface area contributed by atoms with Crippen molar-refractivity contribution in [3.63, 3.8) is 0 Å². The standard InChI is InChI=1S/C15H17N3O3S/c19-14(12-4-2-6-22-12)10-3-1-5-18(8-10)9-11-7-16-17-13(11)15(20)21/h2,4,6-7,10H,1,3,5,8-9H2,(H,16,17)(H,20,21)/t10-/m0/s1. The Balaban J connectivity index is 1.67. The molecule has 1 aliphatic heterocycles. The summed E-state index contributed by atoms with van der Waals surface area (Å²) in [5.41, 5.74) is 0.795. The van der Waals surface area contributed by atoms with Crippen LogP contribution in [0.4, 0.5) is 0 Å². The van der Waals surface area contributed by atoms with Gasteiger partial charge in [0.15, 0.2) is 5.78 Å². The topological polar surface area (TPSA) is 86.3 Å². The summed E-state index contributed by atoms with van der Waals surface area (Å²) in [7, 11) is 0. The van der Waals surface area contributed by atoms with E-state index in [2.05, 4.69) is 15.1 Å². The van der Waals surface area contributed by atoms with Gasteiger partial charge >= 0.3 is 5.97 Å². The van der Waals surface area contributed by atoms with E-state index in [4.69, 9.17) is 5.11 Å². The van der Waals surface area contributed by atoms with Gasteiger partial charge in [0, 0.05) is 24.6 Å². The lowest BCUT2D eigenvalue weighted by Gasteiger charge is -2.31. The number of H-pyrrole nitrogens is 1. The highest BCUT2D eigenvalue weighted by molar-refractivity contribution is 7.12. The molecule has 1 saturated heterocycles. The van der Waals surface area contributed by atoms with E-state index in [9.17, 15) is 9.59 Å². The maximum atomic E-state index is 12.5. The Morgan fingerprint density at radius 1 is 1.50 bits per heavy atom. The minimum Gasteiger partial charge on any atom is -0.477 e. The lowest BCUT2D eigenvalue weighted by Crippen LogP contribution is -2.38. The quantitative estimate of drug-likeness (QED) is 0.826. The Morgan fingerprint density at radius 3 is 3.09 bits per heavy atom. The van der Waals surface area contributed by atoms with Crippen molar-refractivity contribution >= 4 is 23.1 Å². The van der Waals surface area contributed by atoms with Gasteiger partial charge in [-0.25, -0.2) is 4.79 Å². The molecule has 1 atom stereocenters. The van der Waals surface area contributed by atoms with E-state index in [-0.39, 0.29) is 17.4 Å². The summed E-state index contributed by atoms with van der Waals surface area (Å²) < 4.78 is 0. The number of carbonyl (C=O) groups excluding carboxylic acids is 1. The number of thiophene rings is 1. The van der Waals surface area contributed by atoms with E-state index in [0.717, 1.165) is 24.3 Å². The van der Waals surface area contributed by atoms with E-state index in [1.165, 1.54) is 11.3 Å². The van der Waals surface area contributed by atoms with Crippen LogP contribution in [0.15, 0.2) is 23.7 Å². The van der Waals surface area contributed by atoms with Gasteiger partial charge in [-0.2, -0.15) is 5.10 Å². The van der Waals surface area contributed by atoms with E-state index in [0.29, 0.717) is 18.7 Å². The number of aromatic carboxylic acids is 1. The first-order valence-electron chi connectivity index (χ1n) is 7.20. The summed E-state index contributed by atoms with van der Waals surface area (Å²) in [6.45, 7) is 2.05. The molecule has 0 radical (unpaired) electrons. The van der Waals surface area contributed by atoms with Crippen LogP contribution in [0, 0.1) is 5.92 Å². The van der Waals surface area contributed by atoms with E-state index in [1.54, 1.807) is 6.20 Å². The third-order valence-electron chi connectivity index (χ3n) is 3.97. The van der Waals surface area contributed by atoms with Crippen molar-refractivity contribution in [3.8, 4) is 0 Å². The average molecular weight is 319 g/mol. The van der Waals surface area contributed by atoms with E-state index < -0.39 is 5.97 Å². The molecule has 3 heterocycles. The van der Waals surface area contributed by atoms with Gasteiger partial charge in [-0.3, -0.25) is 14.8 Å². The second kappa shape index (κ2) is 6.41. The van der Waals surface area contributed by atoms with Gasteiger partial charge in [-0.05, 0) is 30.8 Å². The highest BCUT2D eigenvalue weighted by atomic mass is 32.1. The molecule has 0 saturated carbocycles. The molecule has 0 amide bonds. The normalized spacial score (nSPS) is 19.2. The maximum absolute atomic E-state index is 12.5. The Labute approximate surface area is 131 Å². The zero-order valence-corrected chi connectivity index (χ0v) is 12.8. The first kappa shape index (κ1) is 14.9. The second-order valence-electron chi connectivity index (χ2n) is 5.49. The van der Waals surface area contributed by atoms with Crippen molar-refractivity contribution in [2.75, 3.05) is 13.1 Å². The Morgan fingerprint density at radius 2 is 2.36 bits per heavy atom. The first-order chi connectivity index (χ1) is 10.6. The number of hydrogen-bond acceptors (Lipinski definition) is 5. The van der Waals surface area contributed by atoms with Crippen LogP contribution in [0.5, 0.6) is 0 Å². The van der Waals surface area contributed by atoms with Crippen molar-refractivity contribution in [1.29, 1.82) is 0 Å².